The van der Waals surface area contributed by atoms with Crippen LogP contribution in [0.3, 0.4) is 0 Å². The number of aliphatic carboxylic acids is 1. The number of benzene rings is 1. The Kier molecular flexibility index (Phi) is 10.3. The summed E-state index contributed by atoms with van der Waals surface area (Å²) >= 11 is 0. The van der Waals surface area contributed by atoms with Crippen molar-refractivity contribution in [3.05, 3.63) is 42.1 Å². The molecule has 2 heterocycles. The van der Waals surface area contributed by atoms with Crippen molar-refractivity contribution in [3.8, 4) is 29.6 Å². The van der Waals surface area contributed by atoms with Gasteiger partial charge in [-0.3, -0.25) is 9.59 Å². The highest BCUT2D eigenvalue weighted by Gasteiger charge is 2.30. The average molecular weight is 550 g/mol. The molecule has 2 amide bonds. The molecule has 11 heteroatoms. The molecule has 0 radical (unpaired) electrons. The predicted octanol–water partition coefficient (Wildman–Crippen LogP) is 2.70. The number of hydrogen-bond donors (Lipinski definition) is 2. The van der Waals surface area contributed by atoms with Gasteiger partial charge < -0.3 is 29.7 Å². The molecule has 1 aliphatic heterocycles. The fraction of sp³-hybridized carbons (Fsp3) is 0.483. The summed E-state index contributed by atoms with van der Waals surface area (Å²) in [6.07, 6.45) is 8.91. The molecule has 0 spiro atoms. The third-order valence-electron chi connectivity index (χ3n) is 6.98. The van der Waals surface area contributed by atoms with Crippen molar-refractivity contribution >= 4 is 18.0 Å². The number of aromatic nitrogens is 2. The molecule has 2 N–H and O–H groups in total. The van der Waals surface area contributed by atoms with E-state index in [2.05, 4.69) is 16.2 Å². The van der Waals surface area contributed by atoms with Gasteiger partial charge in [0.2, 0.25) is 11.8 Å². The van der Waals surface area contributed by atoms with Crippen molar-refractivity contribution < 1.29 is 29.0 Å². The highest BCUT2D eigenvalue weighted by atomic mass is 16.6. The van der Waals surface area contributed by atoms with E-state index in [1.54, 1.807) is 11.0 Å². The Morgan fingerprint density at radius 2 is 1.77 bits per heavy atom. The predicted molar refractivity (Wildman–Crippen MR) is 146 cm³/mol. The first-order chi connectivity index (χ1) is 19.4. The number of piperazine rings is 1. The Bertz CT molecular complexity index is 1200. The van der Waals surface area contributed by atoms with Crippen LogP contribution in [0.2, 0.25) is 0 Å². The monoisotopic (exact) mass is 549 g/mol. The van der Waals surface area contributed by atoms with Crippen LogP contribution < -0.4 is 10.1 Å². The summed E-state index contributed by atoms with van der Waals surface area (Å²) in [5, 5.41) is 12.5. The highest BCUT2D eigenvalue weighted by Crippen LogP contribution is 2.25. The lowest BCUT2D eigenvalue weighted by Crippen LogP contribution is -2.55. The van der Waals surface area contributed by atoms with Crippen LogP contribution in [-0.2, 0) is 20.9 Å². The third-order valence-corrected chi connectivity index (χ3v) is 6.98. The molecule has 0 bridgehead atoms. The lowest BCUT2D eigenvalue weighted by atomic mass is 10.1. The standard InChI is InChI=1S/C29H35N5O6/c1-2-18-39-29(38)34-16-14-33(15-17-34)28(37)24(12-13-26(35)36)30-20-22-19-25(40-23-10-6-7-11-23)32-27(31-22)21-8-4-3-5-9-21/h1,3-5,8-9,19,23-24,30H,6-7,10-18,20H2,(H,35,36)/t24-/m0/s1. The van der Waals surface area contributed by atoms with E-state index in [0.717, 1.165) is 31.2 Å². The number of hydrogen-bond acceptors (Lipinski definition) is 8. The van der Waals surface area contributed by atoms with Crippen LogP contribution in [0.1, 0.15) is 44.2 Å². The van der Waals surface area contributed by atoms with Crippen molar-refractivity contribution in [2.45, 2.75) is 57.2 Å². The van der Waals surface area contributed by atoms with Crippen molar-refractivity contribution in [3.63, 3.8) is 0 Å². The van der Waals surface area contributed by atoms with Gasteiger partial charge in [-0.1, -0.05) is 36.3 Å². The number of carbonyl (C=O) groups is 3. The fourth-order valence-electron chi connectivity index (χ4n) is 4.85. The van der Waals surface area contributed by atoms with Crippen molar-refractivity contribution in [2.24, 2.45) is 0 Å². The van der Waals surface area contributed by atoms with E-state index in [4.69, 9.17) is 20.9 Å². The first-order valence-electron chi connectivity index (χ1n) is 13.6. The highest BCUT2D eigenvalue weighted by molar-refractivity contribution is 5.83. The van der Waals surface area contributed by atoms with Gasteiger partial charge in [0.15, 0.2) is 12.4 Å². The molecular formula is C29H35N5O6. The molecule has 212 valence electrons. The van der Waals surface area contributed by atoms with Crippen LogP contribution in [0.4, 0.5) is 4.79 Å². The summed E-state index contributed by atoms with van der Waals surface area (Å²) in [7, 11) is 0. The summed E-state index contributed by atoms with van der Waals surface area (Å²) in [5.41, 5.74) is 1.48. The number of nitrogens with one attached hydrogen (secondary N) is 1. The second-order valence-electron chi connectivity index (χ2n) is 9.85. The van der Waals surface area contributed by atoms with Crippen molar-refractivity contribution in [1.82, 2.24) is 25.1 Å². The second kappa shape index (κ2) is 14.3. The molecule has 4 rings (SSSR count). The zero-order valence-electron chi connectivity index (χ0n) is 22.5. The third kappa shape index (κ3) is 8.16. The molecule has 1 aromatic heterocycles. The second-order valence-corrected chi connectivity index (χ2v) is 9.85. The molecule has 2 fully saturated rings. The fourth-order valence-corrected chi connectivity index (χ4v) is 4.85. The number of rotatable bonds is 11. The minimum Gasteiger partial charge on any atom is -0.481 e. The molecule has 11 nitrogen and oxygen atoms in total. The molecule has 1 aliphatic carbocycles. The van der Waals surface area contributed by atoms with Crippen molar-refractivity contribution in [2.75, 3.05) is 32.8 Å². The van der Waals surface area contributed by atoms with E-state index in [0.29, 0.717) is 43.6 Å². The van der Waals surface area contributed by atoms with Gasteiger partial charge in [-0.25, -0.2) is 9.78 Å². The minimum absolute atomic E-state index is 0.110. The maximum Gasteiger partial charge on any atom is 0.410 e. The van der Waals surface area contributed by atoms with E-state index in [1.807, 2.05) is 30.3 Å². The molecule has 1 saturated carbocycles. The number of carboxylic acid groups (broad SMARTS) is 1. The smallest absolute Gasteiger partial charge is 0.410 e. The average Bonchev–Trinajstić information content (AvgIpc) is 3.49. The van der Waals surface area contributed by atoms with Crippen LogP contribution in [-0.4, -0.2) is 87.8 Å². The Morgan fingerprint density at radius 1 is 1.07 bits per heavy atom. The van der Waals surface area contributed by atoms with Crippen LogP contribution in [0, 0.1) is 12.3 Å². The molecule has 2 aliphatic rings. The van der Waals surface area contributed by atoms with Gasteiger partial charge in [0.1, 0.15) is 6.10 Å². The van der Waals surface area contributed by atoms with Gasteiger partial charge in [0.05, 0.1) is 11.7 Å². The lowest BCUT2D eigenvalue weighted by molar-refractivity contribution is -0.138. The molecule has 1 atom stereocenters. The number of amides is 2. The van der Waals surface area contributed by atoms with Crippen LogP contribution >= 0.6 is 0 Å². The quantitative estimate of drug-likeness (QED) is 0.406. The van der Waals surface area contributed by atoms with Gasteiger partial charge in [-0.15, -0.1) is 6.42 Å². The molecule has 1 aromatic carbocycles. The van der Waals surface area contributed by atoms with Crippen LogP contribution in [0.5, 0.6) is 5.88 Å². The maximum absolute atomic E-state index is 13.4. The Hall–Kier alpha value is -4.17. The first-order valence-corrected chi connectivity index (χ1v) is 13.6. The van der Waals surface area contributed by atoms with Gasteiger partial charge >= 0.3 is 12.1 Å². The SMILES string of the molecule is C#CCOC(=O)N1CCN(C(=O)[C@H](CCC(=O)O)NCc2cc(OC3CCCC3)nc(-c3ccccc3)n2)CC1. The first kappa shape index (κ1) is 28.8. The number of terminal acetylenes is 1. The van der Waals surface area contributed by atoms with Crippen LogP contribution in [0.15, 0.2) is 36.4 Å². The summed E-state index contributed by atoms with van der Waals surface area (Å²) in [5.74, 6) is 2.05. The van der Waals surface area contributed by atoms with E-state index in [-0.39, 0.29) is 38.0 Å². The lowest BCUT2D eigenvalue weighted by Gasteiger charge is -2.36. The number of nitrogens with zero attached hydrogens (tertiary/aromatic N) is 4. The van der Waals surface area contributed by atoms with E-state index in [9.17, 15) is 19.5 Å². The summed E-state index contributed by atoms with van der Waals surface area (Å²) < 4.78 is 11.1. The summed E-state index contributed by atoms with van der Waals surface area (Å²) in [4.78, 5) is 49.3. The number of ether oxygens (including phenoxy) is 2. The van der Waals surface area contributed by atoms with E-state index >= 15 is 0 Å². The minimum atomic E-state index is -0.985. The normalized spacial score (nSPS) is 16.3. The Balaban J connectivity index is 1.45. The molecule has 40 heavy (non-hydrogen) atoms. The van der Waals surface area contributed by atoms with Gasteiger partial charge in [0.25, 0.3) is 0 Å². The Morgan fingerprint density at radius 3 is 2.45 bits per heavy atom. The van der Waals surface area contributed by atoms with E-state index < -0.39 is 18.1 Å². The summed E-state index contributed by atoms with van der Waals surface area (Å²) in [6.45, 7) is 1.32. The van der Waals surface area contributed by atoms with Crippen molar-refractivity contribution in [1.29, 1.82) is 0 Å². The molecule has 1 saturated heterocycles. The Labute approximate surface area is 233 Å². The maximum atomic E-state index is 13.4. The number of carboxylic acids is 1. The molecular weight excluding hydrogens is 514 g/mol. The largest absolute Gasteiger partial charge is 0.481 e. The number of carbonyl (C=O) groups excluding carboxylic acids is 2. The van der Waals surface area contributed by atoms with Gasteiger partial charge in [-0.2, -0.15) is 4.98 Å². The zero-order valence-corrected chi connectivity index (χ0v) is 22.5. The topological polar surface area (TPSA) is 134 Å². The van der Waals surface area contributed by atoms with Crippen LogP contribution in [0.25, 0.3) is 11.4 Å². The summed E-state index contributed by atoms with van der Waals surface area (Å²) in [6, 6.07) is 10.6. The van der Waals surface area contributed by atoms with Gasteiger partial charge in [-0.05, 0) is 32.1 Å². The zero-order chi connectivity index (χ0) is 28.3. The molecule has 0 unspecified atom stereocenters. The molecule has 2 aromatic rings. The van der Waals surface area contributed by atoms with Gasteiger partial charge in [0, 0.05) is 50.8 Å². The van der Waals surface area contributed by atoms with E-state index in [1.165, 1.54) is 4.90 Å².